The van der Waals surface area contributed by atoms with Gasteiger partial charge in [0.15, 0.2) is 9.84 Å². The zero-order valence-corrected chi connectivity index (χ0v) is 14.8. The second-order valence-corrected chi connectivity index (χ2v) is 7.49. The Morgan fingerprint density at radius 1 is 1.12 bits per heavy atom. The minimum atomic E-state index is -3.93. The summed E-state index contributed by atoms with van der Waals surface area (Å²) in [6, 6.07) is 14.4. The first-order valence-corrected chi connectivity index (χ1v) is 9.31. The van der Waals surface area contributed by atoms with Gasteiger partial charge in [0.1, 0.15) is 5.25 Å². The van der Waals surface area contributed by atoms with Crippen molar-refractivity contribution in [2.75, 3.05) is 6.61 Å². The third kappa shape index (κ3) is 4.54. The van der Waals surface area contributed by atoms with Crippen LogP contribution in [0, 0.1) is 6.92 Å². The van der Waals surface area contributed by atoms with Crippen LogP contribution in [-0.2, 0) is 19.4 Å². The molecule has 2 aromatic carbocycles. The van der Waals surface area contributed by atoms with Crippen LogP contribution in [0.25, 0.3) is 0 Å². The van der Waals surface area contributed by atoms with E-state index in [1.807, 2.05) is 6.92 Å². The zero-order valence-electron chi connectivity index (χ0n) is 14.0. The van der Waals surface area contributed by atoms with E-state index < -0.39 is 26.9 Å². The lowest BCUT2D eigenvalue weighted by molar-refractivity contribution is -0.140. The largest absolute Gasteiger partial charge is 0.461 e. The Labute approximate surface area is 146 Å². The number of hydrogen-bond donors (Lipinski definition) is 0. The molecule has 0 saturated carbocycles. The van der Waals surface area contributed by atoms with Gasteiger partial charge in [-0.1, -0.05) is 48.0 Å². The van der Waals surface area contributed by atoms with Crippen LogP contribution in [0.5, 0.6) is 0 Å². The molecule has 0 aliphatic carbocycles. The molecule has 0 heterocycles. The molecule has 132 valence electrons. The molecular weight excluding hydrogens is 343 g/mol. The van der Waals surface area contributed by atoms with Crippen LogP contribution in [0.4, 0.5) is 4.39 Å². The van der Waals surface area contributed by atoms with Gasteiger partial charge in [-0.3, -0.25) is 0 Å². The molecule has 0 bridgehead atoms. The molecule has 1 atom stereocenters. The second kappa shape index (κ2) is 8.07. The van der Waals surface area contributed by atoms with E-state index in [9.17, 15) is 17.6 Å². The summed E-state index contributed by atoms with van der Waals surface area (Å²) in [5, 5.41) is -1.33. The predicted octanol–water partition coefficient (Wildman–Crippen LogP) is 3.93. The molecule has 6 heteroatoms. The van der Waals surface area contributed by atoms with Gasteiger partial charge in [0.2, 0.25) is 5.83 Å². The molecule has 1 unspecified atom stereocenters. The quantitative estimate of drug-likeness (QED) is 0.577. The highest BCUT2D eigenvalue weighted by molar-refractivity contribution is 7.91. The summed E-state index contributed by atoms with van der Waals surface area (Å²) in [6.07, 6.45) is 0.797. The van der Waals surface area contributed by atoms with Crippen LogP contribution < -0.4 is 0 Å². The highest BCUT2D eigenvalue weighted by Crippen LogP contribution is 2.31. The van der Waals surface area contributed by atoms with Crippen LogP contribution in [0.1, 0.15) is 23.3 Å². The first-order chi connectivity index (χ1) is 11.9. The smallest absolute Gasteiger partial charge is 0.366 e. The summed E-state index contributed by atoms with van der Waals surface area (Å²) < 4.78 is 44.7. The van der Waals surface area contributed by atoms with E-state index in [1.165, 1.54) is 12.1 Å². The van der Waals surface area contributed by atoms with E-state index in [1.54, 1.807) is 49.4 Å². The highest BCUT2D eigenvalue weighted by Gasteiger charge is 2.29. The summed E-state index contributed by atoms with van der Waals surface area (Å²) in [5.41, 5.74) is 1.31. The number of carbonyl (C=O) groups is 1. The fourth-order valence-electron chi connectivity index (χ4n) is 2.28. The molecule has 0 amide bonds. The van der Waals surface area contributed by atoms with Gasteiger partial charge in [0.05, 0.1) is 11.5 Å². The lowest BCUT2D eigenvalue weighted by Crippen LogP contribution is -2.14. The Hall–Kier alpha value is -2.47. The Bertz CT molecular complexity index is 856. The van der Waals surface area contributed by atoms with E-state index in [-0.39, 0.29) is 11.5 Å². The van der Waals surface area contributed by atoms with Crippen LogP contribution in [-0.4, -0.2) is 21.0 Å². The maximum Gasteiger partial charge on any atom is 0.366 e. The Morgan fingerprint density at radius 2 is 1.72 bits per heavy atom. The number of hydrogen-bond acceptors (Lipinski definition) is 4. The minimum absolute atomic E-state index is 0.000721. The molecule has 4 nitrogen and oxygen atoms in total. The van der Waals surface area contributed by atoms with Crippen LogP contribution in [0.3, 0.4) is 0 Å². The van der Waals surface area contributed by atoms with E-state index >= 15 is 0 Å². The normalized spacial score (nSPS) is 13.3. The molecule has 0 aliphatic heterocycles. The number of rotatable bonds is 6. The first-order valence-electron chi connectivity index (χ1n) is 7.76. The van der Waals surface area contributed by atoms with Gasteiger partial charge in [0.25, 0.3) is 0 Å². The molecule has 0 saturated heterocycles. The van der Waals surface area contributed by atoms with Crippen molar-refractivity contribution in [3.8, 4) is 0 Å². The van der Waals surface area contributed by atoms with E-state index in [0.29, 0.717) is 5.56 Å². The molecule has 0 N–H and O–H groups in total. The summed E-state index contributed by atoms with van der Waals surface area (Å²) in [4.78, 5) is 11.6. The van der Waals surface area contributed by atoms with E-state index in [0.717, 1.165) is 11.6 Å². The van der Waals surface area contributed by atoms with Crippen LogP contribution in [0.15, 0.2) is 71.4 Å². The van der Waals surface area contributed by atoms with Crippen molar-refractivity contribution in [3.63, 3.8) is 0 Å². The van der Waals surface area contributed by atoms with Gasteiger partial charge in [-0.05, 0) is 37.6 Å². The molecule has 0 aliphatic rings. The SMILES string of the molecule is CCOC(=O)/C(F)=C/C(c1ccc(C)cc1)S(=O)(=O)c1ccccc1. The van der Waals surface area contributed by atoms with Crippen molar-refractivity contribution in [2.24, 2.45) is 0 Å². The fourth-order valence-corrected chi connectivity index (χ4v) is 3.92. The third-order valence-electron chi connectivity index (χ3n) is 3.58. The van der Waals surface area contributed by atoms with Gasteiger partial charge in [0, 0.05) is 0 Å². The topological polar surface area (TPSA) is 60.4 Å². The number of sulfone groups is 1. The summed E-state index contributed by atoms with van der Waals surface area (Å²) >= 11 is 0. The molecule has 0 radical (unpaired) electrons. The number of ether oxygens (including phenoxy) is 1. The Morgan fingerprint density at radius 3 is 2.28 bits per heavy atom. The van der Waals surface area contributed by atoms with Gasteiger partial charge < -0.3 is 4.74 Å². The molecule has 0 fully saturated rings. The van der Waals surface area contributed by atoms with Crippen molar-refractivity contribution < 1.29 is 22.3 Å². The lowest BCUT2D eigenvalue weighted by Gasteiger charge is -2.15. The van der Waals surface area contributed by atoms with Gasteiger partial charge in [-0.25, -0.2) is 13.2 Å². The first kappa shape index (κ1) is 18.9. The van der Waals surface area contributed by atoms with Crippen LogP contribution in [0.2, 0.25) is 0 Å². The molecule has 25 heavy (non-hydrogen) atoms. The molecule has 0 spiro atoms. The Kier molecular flexibility index (Phi) is 6.09. The monoisotopic (exact) mass is 362 g/mol. The number of benzene rings is 2. The number of aryl methyl sites for hydroxylation is 1. The molecule has 2 rings (SSSR count). The van der Waals surface area contributed by atoms with Crippen molar-refractivity contribution in [3.05, 3.63) is 77.6 Å². The molecular formula is C19H19FO4S. The number of halogens is 1. The Balaban J connectivity index is 2.55. The predicted molar refractivity (Wildman–Crippen MR) is 93.4 cm³/mol. The van der Waals surface area contributed by atoms with Gasteiger partial charge >= 0.3 is 5.97 Å². The van der Waals surface area contributed by atoms with Crippen LogP contribution >= 0.6 is 0 Å². The average molecular weight is 362 g/mol. The third-order valence-corrected chi connectivity index (χ3v) is 5.59. The summed E-state index contributed by atoms with van der Waals surface area (Å²) in [6.45, 7) is 3.41. The van der Waals surface area contributed by atoms with E-state index in [2.05, 4.69) is 4.74 Å². The van der Waals surface area contributed by atoms with Crippen molar-refractivity contribution >= 4 is 15.8 Å². The second-order valence-electron chi connectivity index (χ2n) is 5.42. The molecule has 2 aromatic rings. The lowest BCUT2D eigenvalue weighted by atomic mass is 10.1. The van der Waals surface area contributed by atoms with E-state index in [4.69, 9.17) is 0 Å². The van der Waals surface area contributed by atoms with Gasteiger partial charge in [-0.2, -0.15) is 4.39 Å². The molecule has 0 aromatic heterocycles. The van der Waals surface area contributed by atoms with Crippen molar-refractivity contribution in [1.29, 1.82) is 0 Å². The minimum Gasteiger partial charge on any atom is -0.461 e. The summed E-state index contributed by atoms with van der Waals surface area (Å²) in [7, 11) is -3.93. The summed E-state index contributed by atoms with van der Waals surface area (Å²) in [5.74, 6) is -2.41. The number of carbonyl (C=O) groups excluding carboxylic acids is 1. The fraction of sp³-hybridized carbons (Fsp3) is 0.211. The maximum absolute atomic E-state index is 14.2. The van der Waals surface area contributed by atoms with Gasteiger partial charge in [-0.15, -0.1) is 0 Å². The highest BCUT2D eigenvalue weighted by atomic mass is 32.2. The number of esters is 1. The van der Waals surface area contributed by atoms with Crippen molar-refractivity contribution in [2.45, 2.75) is 24.0 Å². The zero-order chi connectivity index (χ0) is 18.4. The van der Waals surface area contributed by atoms with Crippen molar-refractivity contribution in [1.82, 2.24) is 0 Å². The standard InChI is InChI=1S/C19H19FO4S/c1-3-24-19(21)17(20)13-18(15-11-9-14(2)10-12-15)25(22,23)16-7-5-4-6-8-16/h4-13,18H,3H2,1-2H3/b17-13-. The average Bonchev–Trinajstić information content (AvgIpc) is 2.61. The maximum atomic E-state index is 14.2.